The Morgan fingerprint density at radius 3 is 2.28 bits per heavy atom. The Labute approximate surface area is 113 Å². The van der Waals surface area contributed by atoms with Crippen LogP contribution in [0.2, 0.25) is 0 Å². The van der Waals surface area contributed by atoms with Crippen LogP contribution in [0, 0.1) is 0 Å². The fraction of sp³-hybridized carbons (Fsp3) is 0.833. The third-order valence-corrected chi connectivity index (χ3v) is 4.25. The van der Waals surface area contributed by atoms with Gasteiger partial charge in [0.2, 0.25) is 0 Å². The predicted octanol–water partition coefficient (Wildman–Crippen LogP) is 2.07. The Balaban J connectivity index is 4.24. The zero-order valence-corrected chi connectivity index (χ0v) is 12.4. The van der Waals surface area contributed by atoms with Gasteiger partial charge >= 0.3 is 12.0 Å². The second-order valence-electron chi connectivity index (χ2n) is 4.31. The highest BCUT2D eigenvalue weighted by Gasteiger charge is 2.36. The first-order valence-electron chi connectivity index (χ1n) is 6.24. The van der Waals surface area contributed by atoms with Crippen LogP contribution in [0.3, 0.4) is 0 Å². The second kappa shape index (κ2) is 8.24. The summed E-state index contributed by atoms with van der Waals surface area (Å²) in [6.45, 7) is 6.16. The summed E-state index contributed by atoms with van der Waals surface area (Å²) in [6.07, 6.45) is 3.63. The Kier molecular flexibility index (Phi) is 7.82. The molecular weight excluding hydrogens is 252 g/mol. The molecule has 0 rings (SSSR count). The van der Waals surface area contributed by atoms with E-state index in [1.807, 2.05) is 6.26 Å². The van der Waals surface area contributed by atoms with Crippen molar-refractivity contribution in [2.75, 3.05) is 12.8 Å². The summed E-state index contributed by atoms with van der Waals surface area (Å²) in [5, 5.41) is 14.9. The molecule has 0 heterocycles. The van der Waals surface area contributed by atoms with E-state index in [4.69, 9.17) is 0 Å². The van der Waals surface area contributed by atoms with Crippen LogP contribution in [0.25, 0.3) is 0 Å². The van der Waals surface area contributed by atoms with E-state index in [0.29, 0.717) is 24.6 Å². The highest BCUT2D eigenvalue weighted by molar-refractivity contribution is 7.99. The zero-order valence-electron chi connectivity index (χ0n) is 11.6. The SMILES string of the molecule is CCC(CC)(NC(=O)NCCC(C)SC)C(=O)O. The quantitative estimate of drug-likeness (QED) is 0.634. The van der Waals surface area contributed by atoms with E-state index in [0.717, 1.165) is 6.42 Å². The van der Waals surface area contributed by atoms with E-state index in [-0.39, 0.29) is 0 Å². The highest BCUT2D eigenvalue weighted by Crippen LogP contribution is 2.15. The number of rotatable bonds is 8. The molecule has 0 aliphatic carbocycles. The van der Waals surface area contributed by atoms with Gasteiger partial charge in [0.15, 0.2) is 0 Å². The number of hydrogen-bond acceptors (Lipinski definition) is 3. The van der Waals surface area contributed by atoms with Gasteiger partial charge in [-0.2, -0.15) is 11.8 Å². The van der Waals surface area contributed by atoms with E-state index in [9.17, 15) is 14.7 Å². The van der Waals surface area contributed by atoms with Crippen molar-refractivity contribution < 1.29 is 14.7 Å². The molecule has 0 saturated carbocycles. The van der Waals surface area contributed by atoms with Gasteiger partial charge in [-0.3, -0.25) is 0 Å². The second-order valence-corrected chi connectivity index (χ2v) is 5.59. The number of nitrogens with one attached hydrogen (secondary N) is 2. The lowest BCUT2D eigenvalue weighted by Gasteiger charge is -2.28. The van der Waals surface area contributed by atoms with E-state index in [1.165, 1.54) is 0 Å². The molecule has 0 aromatic heterocycles. The molecule has 3 N–H and O–H groups in total. The summed E-state index contributed by atoms with van der Waals surface area (Å²) in [6, 6.07) is -0.408. The molecule has 18 heavy (non-hydrogen) atoms. The van der Waals surface area contributed by atoms with Gasteiger partial charge in [-0.25, -0.2) is 9.59 Å². The summed E-state index contributed by atoms with van der Waals surface area (Å²) in [4.78, 5) is 22.9. The number of thioether (sulfide) groups is 1. The summed E-state index contributed by atoms with van der Waals surface area (Å²) in [5.74, 6) is -0.986. The Morgan fingerprint density at radius 2 is 1.89 bits per heavy atom. The maximum atomic E-state index is 11.7. The van der Waals surface area contributed by atoms with Crippen LogP contribution in [-0.2, 0) is 4.79 Å². The van der Waals surface area contributed by atoms with Crippen molar-refractivity contribution >= 4 is 23.8 Å². The van der Waals surface area contributed by atoms with Gasteiger partial charge in [-0.05, 0) is 25.5 Å². The Bertz CT molecular complexity index is 280. The summed E-state index contributed by atoms with van der Waals surface area (Å²) in [5.41, 5.74) is -1.16. The molecule has 0 fully saturated rings. The van der Waals surface area contributed by atoms with Crippen molar-refractivity contribution in [1.82, 2.24) is 10.6 Å². The number of carboxylic acids is 1. The van der Waals surface area contributed by atoms with Gasteiger partial charge in [0.1, 0.15) is 5.54 Å². The number of carboxylic acid groups (broad SMARTS) is 1. The maximum absolute atomic E-state index is 11.7. The number of aliphatic carboxylic acids is 1. The molecule has 0 aromatic rings. The molecule has 0 aliphatic heterocycles. The molecule has 0 spiro atoms. The highest BCUT2D eigenvalue weighted by atomic mass is 32.2. The zero-order chi connectivity index (χ0) is 14.2. The number of urea groups is 1. The summed E-state index contributed by atoms with van der Waals surface area (Å²) >= 11 is 1.74. The smallest absolute Gasteiger partial charge is 0.329 e. The largest absolute Gasteiger partial charge is 0.480 e. The molecule has 1 atom stereocenters. The molecule has 5 nitrogen and oxygen atoms in total. The topological polar surface area (TPSA) is 78.4 Å². The lowest BCUT2D eigenvalue weighted by molar-refractivity contribution is -0.144. The van der Waals surface area contributed by atoms with Gasteiger partial charge in [0.25, 0.3) is 0 Å². The molecule has 6 heteroatoms. The predicted molar refractivity (Wildman–Crippen MR) is 75.1 cm³/mol. The molecule has 1 unspecified atom stereocenters. The van der Waals surface area contributed by atoms with Crippen LogP contribution in [0.1, 0.15) is 40.0 Å². The van der Waals surface area contributed by atoms with Gasteiger partial charge in [-0.15, -0.1) is 0 Å². The first-order valence-corrected chi connectivity index (χ1v) is 7.52. The van der Waals surface area contributed by atoms with Crippen molar-refractivity contribution in [3.8, 4) is 0 Å². The minimum atomic E-state index is -1.16. The van der Waals surface area contributed by atoms with E-state index < -0.39 is 17.5 Å². The third kappa shape index (κ3) is 5.16. The first kappa shape index (κ1) is 17.1. The van der Waals surface area contributed by atoms with Crippen LogP contribution >= 0.6 is 11.8 Å². The van der Waals surface area contributed by atoms with Crippen LogP contribution in [0.15, 0.2) is 0 Å². The van der Waals surface area contributed by atoms with Crippen LogP contribution in [0.4, 0.5) is 4.79 Å². The van der Waals surface area contributed by atoms with Crippen molar-refractivity contribution in [1.29, 1.82) is 0 Å². The number of amides is 2. The van der Waals surface area contributed by atoms with Gasteiger partial charge < -0.3 is 15.7 Å². The summed E-state index contributed by atoms with van der Waals surface area (Å²) < 4.78 is 0. The minimum absolute atomic E-state index is 0.369. The Morgan fingerprint density at radius 1 is 1.33 bits per heavy atom. The average Bonchev–Trinajstić information content (AvgIpc) is 2.35. The average molecular weight is 276 g/mol. The fourth-order valence-corrected chi connectivity index (χ4v) is 1.90. The minimum Gasteiger partial charge on any atom is -0.480 e. The van der Waals surface area contributed by atoms with Crippen molar-refractivity contribution in [2.24, 2.45) is 0 Å². The standard InChI is InChI=1S/C12H24N2O3S/c1-5-12(6-2,10(15)16)14-11(17)13-8-7-9(3)18-4/h9H,5-8H2,1-4H3,(H,15,16)(H2,13,14,17). The first-order chi connectivity index (χ1) is 8.41. The molecular formula is C12H24N2O3S. The lowest BCUT2D eigenvalue weighted by atomic mass is 9.93. The van der Waals surface area contributed by atoms with E-state index in [1.54, 1.807) is 25.6 Å². The number of carbonyl (C=O) groups excluding carboxylic acids is 1. The molecule has 0 bridgehead atoms. The maximum Gasteiger partial charge on any atom is 0.329 e. The molecule has 106 valence electrons. The normalized spacial score (nSPS) is 12.9. The van der Waals surface area contributed by atoms with Gasteiger partial charge in [-0.1, -0.05) is 20.8 Å². The number of carbonyl (C=O) groups is 2. The van der Waals surface area contributed by atoms with E-state index >= 15 is 0 Å². The van der Waals surface area contributed by atoms with Gasteiger partial charge in [0, 0.05) is 11.8 Å². The van der Waals surface area contributed by atoms with Crippen molar-refractivity contribution in [3.63, 3.8) is 0 Å². The lowest BCUT2D eigenvalue weighted by Crippen LogP contribution is -2.56. The monoisotopic (exact) mass is 276 g/mol. The summed E-state index contributed by atoms with van der Waals surface area (Å²) in [7, 11) is 0. The van der Waals surface area contributed by atoms with E-state index in [2.05, 4.69) is 17.6 Å². The molecule has 0 saturated heterocycles. The Hall–Kier alpha value is -0.910. The number of hydrogen-bond donors (Lipinski definition) is 3. The van der Waals surface area contributed by atoms with Crippen LogP contribution in [-0.4, -0.2) is 40.7 Å². The molecule has 0 aromatic carbocycles. The molecule has 2 amide bonds. The van der Waals surface area contributed by atoms with Crippen LogP contribution < -0.4 is 10.6 Å². The van der Waals surface area contributed by atoms with Crippen LogP contribution in [0.5, 0.6) is 0 Å². The van der Waals surface area contributed by atoms with Crippen molar-refractivity contribution in [2.45, 2.75) is 50.8 Å². The third-order valence-electron chi connectivity index (χ3n) is 3.21. The molecule has 0 aliphatic rings. The van der Waals surface area contributed by atoms with Gasteiger partial charge in [0.05, 0.1) is 0 Å². The fourth-order valence-electron chi connectivity index (χ4n) is 1.55. The van der Waals surface area contributed by atoms with Crippen molar-refractivity contribution in [3.05, 3.63) is 0 Å². The molecule has 0 radical (unpaired) electrons.